The first-order chi connectivity index (χ1) is 13.0. The molecule has 144 valence electrons. The summed E-state index contributed by atoms with van der Waals surface area (Å²) in [5.41, 5.74) is 1.45. The Morgan fingerprint density at radius 2 is 1.85 bits per heavy atom. The van der Waals surface area contributed by atoms with E-state index in [1.165, 1.54) is 0 Å². The summed E-state index contributed by atoms with van der Waals surface area (Å²) in [7, 11) is 0. The van der Waals surface area contributed by atoms with E-state index in [4.69, 9.17) is 4.42 Å². The molecule has 3 rings (SSSR count). The Bertz CT molecular complexity index is 788. The van der Waals surface area contributed by atoms with E-state index in [1.807, 2.05) is 37.3 Å². The van der Waals surface area contributed by atoms with Gasteiger partial charge < -0.3 is 14.8 Å². The quantitative estimate of drug-likeness (QED) is 0.753. The first-order valence-electron chi connectivity index (χ1n) is 9.70. The first kappa shape index (κ1) is 19.4. The number of hydrogen-bond donors (Lipinski definition) is 2. The Kier molecular flexibility index (Phi) is 6.11. The van der Waals surface area contributed by atoms with Gasteiger partial charge in [0.15, 0.2) is 11.5 Å². The molecule has 1 aromatic carbocycles. The Hall–Kier alpha value is -2.40. The predicted molar refractivity (Wildman–Crippen MR) is 103 cm³/mol. The van der Waals surface area contributed by atoms with Gasteiger partial charge in [-0.05, 0) is 31.2 Å². The molecule has 1 aliphatic rings. The number of aliphatic hydroxyl groups excluding tert-OH is 1. The summed E-state index contributed by atoms with van der Waals surface area (Å²) in [6.45, 7) is 3.75. The molecule has 1 amide bonds. The molecule has 5 heteroatoms. The fourth-order valence-corrected chi connectivity index (χ4v) is 3.59. The number of carbonyl (C=O) groups is 2. The molecular formula is C22H27NO4. The van der Waals surface area contributed by atoms with Crippen LogP contribution in [0.15, 0.2) is 40.8 Å². The molecule has 0 spiro atoms. The third-order valence-electron chi connectivity index (χ3n) is 5.33. The number of carbonyl (C=O) groups excluding carboxylic acids is 2. The SMILES string of the molecule is CCC(=O)c1cc(C(=O)NC2CCC(O)CC2)c([C@H](C)c2ccccc2)o1. The second-order valence-corrected chi connectivity index (χ2v) is 7.28. The van der Waals surface area contributed by atoms with Gasteiger partial charge in [0, 0.05) is 24.4 Å². The molecular weight excluding hydrogens is 342 g/mol. The Balaban J connectivity index is 1.87. The number of benzene rings is 1. The summed E-state index contributed by atoms with van der Waals surface area (Å²) in [6.07, 6.45) is 2.97. The van der Waals surface area contributed by atoms with Crippen molar-refractivity contribution in [2.45, 2.75) is 64.0 Å². The van der Waals surface area contributed by atoms with Crippen molar-refractivity contribution >= 4 is 11.7 Å². The van der Waals surface area contributed by atoms with Crippen LogP contribution >= 0.6 is 0 Å². The van der Waals surface area contributed by atoms with Crippen LogP contribution < -0.4 is 5.32 Å². The van der Waals surface area contributed by atoms with E-state index in [2.05, 4.69) is 5.32 Å². The second-order valence-electron chi connectivity index (χ2n) is 7.28. The van der Waals surface area contributed by atoms with E-state index in [0.717, 1.165) is 18.4 Å². The van der Waals surface area contributed by atoms with E-state index in [1.54, 1.807) is 13.0 Å². The van der Waals surface area contributed by atoms with Gasteiger partial charge in [-0.2, -0.15) is 0 Å². The van der Waals surface area contributed by atoms with E-state index < -0.39 is 0 Å². The van der Waals surface area contributed by atoms with E-state index in [9.17, 15) is 14.7 Å². The molecule has 27 heavy (non-hydrogen) atoms. The maximum Gasteiger partial charge on any atom is 0.255 e. The molecule has 2 N–H and O–H groups in total. The molecule has 0 bridgehead atoms. The van der Waals surface area contributed by atoms with E-state index in [0.29, 0.717) is 30.6 Å². The molecule has 1 aromatic heterocycles. The van der Waals surface area contributed by atoms with Crippen LogP contribution in [0.5, 0.6) is 0 Å². The van der Waals surface area contributed by atoms with Crippen LogP contribution in [0.25, 0.3) is 0 Å². The molecule has 1 aliphatic carbocycles. The fraction of sp³-hybridized carbons (Fsp3) is 0.455. The number of hydrogen-bond acceptors (Lipinski definition) is 4. The fourth-order valence-electron chi connectivity index (χ4n) is 3.59. The zero-order valence-electron chi connectivity index (χ0n) is 15.9. The second kappa shape index (κ2) is 8.53. The van der Waals surface area contributed by atoms with Crippen LogP contribution in [-0.2, 0) is 0 Å². The number of amides is 1. The number of furan rings is 1. The number of Topliss-reactive ketones (excluding diaryl/α,β-unsaturated/α-hetero) is 1. The number of nitrogens with one attached hydrogen (secondary N) is 1. The lowest BCUT2D eigenvalue weighted by molar-refractivity contribution is 0.0865. The van der Waals surface area contributed by atoms with Crippen LogP contribution in [0.4, 0.5) is 0 Å². The van der Waals surface area contributed by atoms with Crippen LogP contribution in [0.3, 0.4) is 0 Å². The van der Waals surface area contributed by atoms with Crippen LogP contribution in [0.2, 0.25) is 0 Å². The van der Waals surface area contributed by atoms with Crippen molar-refractivity contribution < 1.29 is 19.1 Å². The summed E-state index contributed by atoms with van der Waals surface area (Å²) in [5.74, 6) is 0.286. The highest BCUT2D eigenvalue weighted by molar-refractivity contribution is 6.00. The van der Waals surface area contributed by atoms with Crippen LogP contribution in [-0.4, -0.2) is 28.9 Å². The minimum Gasteiger partial charge on any atom is -0.456 e. The van der Waals surface area contributed by atoms with Gasteiger partial charge in [0.25, 0.3) is 5.91 Å². The number of ketones is 1. The zero-order valence-corrected chi connectivity index (χ0v) is 15.9. The van der Waals surface area contributed by atoms with Gasteiger partial charge in [-0.15, -0.1) is 0 Å². The number of rotatable bonds is 6. The Labute approximate surface area is 159 Å². The molecule has 0 saturated heterocycles. The average Bonchev–Trinajstić information content (AvgIpc) is 3.15. The third-order valence-corrected chi connectivity index (χ3v) is 5.33. The highest BCUT2D eigenvalue weighted by atomic mass is 16.3. The molecule has 1 heterocycles. The molecule has 2 aromatic rings. The molecule has 1 saturated carbocycles. The van der Waals surface area contributed by atoms with E-state index >= 15 is 0 Å². The van der Waals surface area contributed by atoms with Crippen molar-refractivity contribution in [1.29, 1.82) is 0 Å². The normalized spacial score (nSPS) is 20.9. The average molecular weight is 369 g/mol. The van der Waals surface area contributed by atoms with Gasteiger partial charge >= 0.3 is 0 Å². The highest BCUT2D eigenvalue weighted by Gasteiger charge is 2.28. The van der Waals surface area contributed by atoms with Crippen molar-refractivity contribution in [2.24, 2.45) is 0 Å². The standard InChI is InChI=1S/C22H27NO4/c1-3-19(25)20-13-18(22(26)23-16-9-11-17(24)12-10-16)21(27-20)14(2)15-7-5-4-6-8-15/h4-8,13-14,16-17,24H,3,9-12H2,1-2H3,(H,23,26)/t14-,16?,17?/m1/s1. The van der Waals surface area contributed by atoms with Gasteiger partial charge in [-0.3, -0.25) is 9.59 Å². The third kappa shape index (κ3) is 4.48. The molecule has 1 atom stereocenters. The topological polar surface area (TPSA) is 79.5 Å². The summed E-state index contributed by atoms with van der Waals surface area (Å²) in [4.78, 5) is 25.1. The van der Waals surface area contributed by atoms with Gasteiger partial charge in [-0.25, -0.2) is 0 Å². The highest BCUT2D eigenvalue weighted by Crippen LogP contribution is 2.30. The monoisotopic (exact) mass is 369 g/mol. The van der Waals surface area contributed by atoms with Gasteiger partial charge in [0.05, 0.1) is 11.7 Å². The largest absolute Gasteiger partial charge is 0.456 e. The van der Waals surface area contributed by atoms with Crippen molar-refractivity contribution in [3.63, 3.8) is 0 Å². The van der Waals surface area contributed by atoms with Crippen LogP contribution in [0.1, 0.15) is 84.1 Å². The molecule has 5 nitrogen and oxygen atoms in total. The molecule has 1 fully saturated rings. The summed E-state index contributed by atoms with van der Waals surface area (Å²) in [5, 5.41) is 12.7. The maximum absolute atomic E-state index is 12.9. The zero-order chi connectivity index (χ0) is 19.4. The minimum absolute atomic E-state index is 0.0426. The predicted octanol–water partition coefficient (Wildman–Crippen LogP) is 4.06. The molecule has 0 radical (unpaired) electrons. The Morgan fingerprint density at radius 1 is 1.19 bits per heavy atom. The maximum atomic E-state index is 12.9. The van der Waals surface area contributed by atoms with Gasteiger partial charge in [0.1, 0.15) is 5.76 Å². The summed E-state index contributed by atoms with van der Waals surface area (Å²) in [6, 6.07) is 11.4. The van der Waals surface area contributed by atoms with Crippen LogP contribution in [0, 0.1) is 0 Å². The lowest BCUT2D eigenvalue weighted by Gasteiger charge is -2.26. The van der Waals surface area contributed by atoms with E-state index in [-0.39, 0.29) is 35.5 Å². The van der Waals surface area contributed by atoms with Crippen molar-refractivity contribution in [3.05, 3.63) is 59.0 Å². The lowest BCUT2D eigenvalue weighted by atomic mass is 9.92. The minimum atomic E-state index is -0.269. The van der Waals surface area contributed by atoms with Crippen molar-refractivity contribution in [3.8, 4) is 0 Å². The first-order valence-corrected chi connectivity index (χ1v) is 9.70. The van der Waals surface area contributed by atoms with Gasteiger partial charge in [-0.1, -0.05) is 44.2 Å². The van der Waals surface area contributed by atoms with Crippen molar-refractivity contribution in [2.75, 3.05) is 0 Å². The molecule has 0 aliphatic heterocycles. The Morgan fingerprint density at radius 3 is 2.48 bits per heavy atom. The lowest BCUT2D eigenvalue weighted by Crippen LogP contribution is -2.38. The number of aliphatic hydroxyl groups is 1. The summed E-state index contributed by atoms with van der Waals surface area (Å²) < 4.78 is 5.86. The molecule has 0 unspecified atom stereocenters. The van der Waals surface area contributed by atoms with Crippen molar-refractivity contribution in [1.82, 2.24) is 5.32 Å². The summed E-state index contributed by atoms with van der Waals surface area (Å²) >= 11 is 0. The smallest absolute Gasteiger partial charge is 0.255 e. The van der Waals surface area contributed by atoms with Gasteiger partial charge in [0.2, 0.25) is 0 Å².